The molecule has 10 rings (SSSR count). The lowest BCUT2D eigenvalue weighted by molar-refractivity contribution is -0.134. The van der Waals surface area contributed by atoms with Crippen LogP contribution in [0.4, 0.5) is 24.5 Å². The molecule has 0 saturated carbocycles. The number of nitrogens with zero attached hydrogens (tertiary/aromatic N) is 5. The Morgan fingerprint density at radius 2 is 1.58 bits per heavy atom. The van der Waals surface area contributed by atoms with Gasteiger partial charge in [-0.25, -0.2) is 21.6 Å². The van der Waals surface area contributed by atoms with Crippen LogP contribution in [0.2, 0.25) is 5.02 Å². The van der Waals surface area contributed by atoms with E-state index in [1.54, 1.807) is 24.5 Å². The second-order valence-electron chi connectivity index (χ2n) is 22.6. The minimum atomic E-state index is -6.13. The van der Waals surface area contributed by atoms with Gasteiger partial charge in [0.15, 0.2) is 0 Å². The number of allylic oxidation sites excluding steroid dienone is 1. The smallest absolute Gasteiger partial charge is 0.380 e. The summed E-state index contributed by atoms with van der Waals surface area (Å²) >= 11 is 7.65. The molecule has 2 bridgehead atoms. The minimum absolute atomic E-state index is 0.0178. The van der Waals surface area contributed by atoms with E-state index in [0.29, 0.717) is 42.8 Å². The van der Waals surface area contributed by atoms with Crippen molar-refractivity contribution in [3.05, 3.63) is 148 Å². The highest BCUT2D eigenvalue weighted by Gasteiger charge is 2.49. The van der Waals surface area contributed by atoms with Crippen LogP contribution in [0.1, 0.15) is 91.8 Å². The summed E-state index contributed by atoms with van der Waals surface area (Å²) in [4.78, 5) is 50.4. The van der Waals surface area contributed by atoms with E-state index in [1.165, 1.54) is 40.6 Å². The molecule has 4 atom stereocenters. The normalized spacial score (nSPS) is 21.5. The van der Waals surface area contributed by atoms with Gasteiger partial charge in [-0.1, -0.05) is 67.4 Å². The van der Waals surface area contributed by atoms with Gasteiger partial charge >= 0.3 is 5.51 Å². The standard InChI is InChI=1S/C59H66ClF3N8O7S3/c1-58(2)22-20-51(40-8-12-44(60)13-9-40)43(31-58)35-68-24-26-69(27-25-68)46-14-10-41(11-15-46)56(73)67-81(77,78)50-16-18-53(54(30-50)80(75,76)59(61,62)63)65-45(38-79-49-6-4-3-5-7-49)21-23-70-36-48-29-47(70)37-71(48)34-39-28-42(33-64-32-39)52-17-19-55(72)66-57(52)74/h3-16,18,28,30,32-33,45,47-48,52,65H,17,19-27,29,31,34-38H2,1-2H3,(H,67,73)(H,66,72,74)/t45-,47-,48-,52?/m1/s1. The highest BCUT2D eigenvalue weighted by molar-refractivity contribution is 7.99. The van der Waals surface area contributed by atoms with Gasteiger partial charge in [-0.15, -0.1) is 11.8 Å². The third-order valence-corrected chi connectivity index (χ3v) is 20.6. The first-order valence-corrected chi connectivity index (χ1v) is 31.7. The molecule has 15 nitrogen and oxygen atoms in total. The first kappa shape index (κ1) is 58.4. The van der Waals surface area contributed by atoms with E-state index in [-0.39, 0.29) is 41.3 Å². The quantitative estimate of drug-likeness (QED) is 0.0526. The maximum absolute atomic E-state index is 14.5. The third-order valence-electron chi connectivity index (χ3n) is 16.4. The van der Waals surface area contributed by atoms with Crippen LogP contribution in [-0.2, 0) is 36.0 Å². The summed E-state index contributed by atoms with van der Waals surface area (Å²) in [7, 11) is -11.0. The number of sulfonamides is 1. The molecule has 3 N–H and O–H groups in total. The number of thioether (sulfide) groups is 1. The van der Waals surface area contributed by atoms with Gasteiger partial charge in [0.1, 0.15) is 4.90 Å². The lowest BCUT2D eigenvalue weighted by Gasteiger charge is -2.39. The monoisotopic (exact) mass is 1190 g/mol. The number of amides is 3. The lowest BCUT2D eigenvalue weighted by atomic mass is 9.73. The molecular weight excluding hydrogens is 1120 g/mol. The predicted octanol–water partition coefficient (Wildman–Crippen LogP) is 9.37. The molecule has 5 aliphatic rings. The van der Waals surface area contributed by atoms with Crippen LogP contribution in [0.15, 0.2) is 136 Å². The number of carbonyl (C=O) groups excluding carboxylic acids is 3. The van der Waals surface area contributed by atoms with Crippen LogP contribution in [-0.4, -0.2) is 136 Å². The largest absolute Gasteiger partial charge is 0.501 e. The first-order chi connectivity index (χ1) is 38.6. The summed E-state index contributed by atoms with van der Waals surface area (Å²) in [6, 6.07) is 28.1. The van der Waals surface area contributed by atoms with Crippen molar-refractivity contribution in [2.75, 3.05) is 68.3 Å². The van der Waals surface area contributed by atoms with Gasteiger partial charge in [0.25, 0.3) is 25.8 Å². The molecule has 0 spiro atoms. The van der Waals surface area contributed by atoms with Crippen LogP contribution in [0, 0.1) is 5.41 Å². The lowest BCUT2D eigenvalue weighted by Crippen LogP contribution is -2.47. The van der Waals surface area contributed by atoms with Gasteiger partial charge in [-0.2, -0.15) is 13.2 Å². The van der Waals surface area contributed by atoms with E-state index < -0.39 is 58.7 Å². The van der Waals surface area contributed by atoms with Crippen molar-refractivity contribution >= 4 is 77.9 Å². The molecule has 3 amide bonds. The van der Waals surface area contributed by atoms with Gasteiger partial charge in [0.2, 0.25) is 11.8 Å². The molecule has 5 aromatic rings. The van der Waals surface area contributed by atoms with Crippen molar-refractivity contribution < 1.29 is 44.4 Å². The summed E-state index contributed by atoms with van der Waals surface area (Å²) in [6.07, 6.45) is 8.56. The van der Waals surface area contributed by atoms with Gasteiger partial charge in [0, 0.05) is 123 Å². The second-order valence-corrected chi connectivity index (χ2v) is 27.8. The summed E-state index contributed by atoms with van der Waals surface area (Å²) in [5.74, 6) is -1.76. The van der Waals surface area contributed by atoms with Crippen LogP contribution in [0.3, 0.4) is 0 Å². The molecular formula is C59H66ClF3N8O7S3. The Hall–Kier alpha value is -5.81. The number of carbonyl (C=O) groups is 3. The van der Waals surface area contributed by atoms with Crippen molar-refractivity contribution in [1.29, 1.82) is 0 Å². The SMILES string of the molecule is CC1(C)CCC(c2ccc(Cl)cc2)=C(CN2CCN(c3ccc(C(=O)NS(=O)(=O)c4ccc(N[C@H](CCN5C[C@H]6C[C@@H]5CN6Cc5cncc(C6CCC(=O)NC6=O)c5)CSc5ccccc5)c(S(=O)(=O)C(F)(F)F)c4)cc3)CC2)C1. The first-order valence-electron chi connectivity index (χ1n) is 27.3. The van der Waals surface area contributed by atoms with E-state index in [0.717, 1.165) is 105 Å². The summed E-state index contributed by atoms with van der Waals surface area (Å²) in [6.45, 7) is 11.2. The van der Waals surface area contributed by atoms with Crippen molar-refractivity contribution in [3.8, 4) is 0 Å². The number of alkyl halides is 3. The predicted molar refractivity (Wildman–Crippen MR) is 308 cm³/mol. The van der Waals surface area contributed by atoms with E-state index in [1.807, 2.05) is 53.3 Å². The summed E-state index contributed by atoms with van der Waals surface area (Å²) < 4.78 is 99.8. The number of piperidine rings is 1. The molecule has 4 saturated heterocycles. The van der Waals surface area contributed by atoms with Crippen molar-refractivity contribution in [2.45, 2.75) is 110 Å². The fraction of sp³-hybridized carbons (Fsp3) is 0.424. The molecule has 1 aliphatic carbocycles. The fourth-order valence-electron chi connectivity index (χ4n) is 12.0. The Bertz CT molecular complexity index is 3400. The number of rotatable bonds is 19. The molecule has 81 heavy (non-hydrogen) atoms. The number of fused-ring (bicyclic) bond motifs is 2. The van der Waals surface area contributed by atoms with E-state index >= 15 is 0 Å². The average molecular weight is 1190 g/mol. The Balaban J connectivity index is 0.783. The van der Waals surface area contributed by atoms with Crippen LogP contribution < -0.4 is 20.3 Å². The zero-order chi connectivity index (χ0) is 57.3. The molecule has 4 aromatic carbocycles. The van der Waals surface area contributed by atoms with E-state index in [2.05, 4.69) is 61.2 Å². The van der Waals surface area contributed by atoms with Gasteiger partial charge in [0.05, 0.1) is 16.5 Å². The topological polar surface area (TPSA) is 181 Å². The number of aromatic nitrogens is 1. The number of piperazine rings is 2. The van der Waals surface area contributed by atoms with Gasteiger partial charge in [-0.05, 0) is 133 Å². The molecule has 1 unspecified atom stereocenters. The second kappa shape index (κ2) is 24.2. The highest BCUT2D eigenvalue weighted by atomic mass is 35.5. The van der Waals surface area contributed by atoms with Crippen molar-refractivity contribution in [3.63, 3.8) is 0 Å². The summed E-state index contributed by atoms with van der Waals surface area (Å²) in [5.41, 5.74) is 0.562. The number of halogens is 4. The summed E-state index contributed by atoms with van der Waals surface area (Å²) in [5, 5.41) is 6.19. The third kappa shape index (κ3) is 13.8. The van der Waals surface area contributed by atoms with Crippen LogP contribution in [0.25, 0.3) is 5.57 Å². The molecule has 5 heterocycles. The van der Waals surface area contributed by atoms with Crippen LogP contribution in [0.5, 0.6) is 0 Å². The maximum Gasteiger partial charge on any atom is 0.501 e. The maximum atomic E-state index is 14.5. The number of pyridine rings is 1. The molecule has 430 valence electrons. The fourth-order valence-corrected chi connectivity index (χ4v) is 15.1. The molecule has 22 heteroatoms. The number of imide groups is 1. The Labute approximate surface area is 481 Å². The van der Waals surface area contributed by atoms with Crippen molar-refractivity contribution in [2.24, 2.45) is 5.41 Å². The molecule has 1 aromatic heterocycles. The number of sulfone groups is 1. The van der Waals surface area contributed by atoms with E-state index in [4.69, 9.17) is 11.6 Å². The van der Waals surface area contributed by atoms with E-state index in [9.17, 15) is 44.4 Å². The molecule has 4 aliphatic heterocycles. The Kier molecular flexibility index (Phi) is 17.4. The number of anilines is 2. The Morgan fingerprint density at radius 3 is 2.27 bits per heavy atom. The number of nitrogens with one attached hydrogen (secondary N) is 3. The molecule has 4 fully saturated rings. The van der Waals surface area contributed by atoms with Crippen molar-refractivity contribution in [1.82, 2.24) is 29.7 Å². The van der Waals surface area contributed by atoms with Gasteiger partial charge in [-0.3, -0.25) is 39.4 Å². The van der Waals surface area contributed by atoms with Crippen LogP contribution >= 0.6 is 23.4 Å². The average Bonchev–Trinajstić information content (AvgIpc) is 4.04. The molecule has 0 radical (unpaired) electrons. The zero-order valence-corrected chi connectivity index (χ0v) is 48.3. The van der Waals surface area contributed by atoms with Gasteiger partial charge < -0.3 is 10.2 Å². The Morgan fingerprint density at radius 1 is 0.864 bits per heavy atom. The number of hydrogen-bond acceptors (Lipinski definition) is 14. The number of hydrogen-bond donors (Lipinski definition) is 3. The highest BCUT2D eigenvalue weighted by Crippen LogP contribution is 2.43. The number of likely N-dealkylation sites (tertiary alicyclic amines) is 2. The number of benzene rings is 4. The zero-order valence-electron chi connectivity index (χ0n) is 45.1. The minimum Gasteiger partial charge on any atom is -0.380 e.